The van der Waals surface area contributed by atoms with E-state index in [-0.39, 0.29) is 24.1 Å². The quantitative estimate of drug-likeness (QED) is 0.0900. The average molecular weight is 711 g/mol. The van der Waals surface area contributed by atoms with E-state index < -0.39 is 23.0 Å². The molecular formula is C38H38N4O6S2. The molecule has 0 aliphatic carbocycles. The predicted molar refractivity (Wildman–Crippen MR) is 197 cm³/mol. The number of ether oxygens (including phenoxy) is 1. The van der Waals surface area contributed by atoms with Crippen LogP contribution in [-0.4, -0.2) is 52.9 Å². The maximum atomic E-state index is 13.5. The number of hydrogen-bond acceptors (Lipinski definition) is 8. The van der Waals surface area contributed by atoms with Crippen molar-refractivity contribution in [2.45, 2.75) is 50.8 Å². The molecule has 12 heteroatoms. The number of nitrogens with one attached hydrogen (secondary N) is 3. The van der Waals surface area contributed by atoms with E-state index in [1.807, 2.05) is 43.3 Å². The standard InChI is InChI=1S/C38H38N4O6S2/c1-5-48-38(47)33-30-18-19-42(25(4)43)22-32(30)50-37(33)41-34(44)24(3)49-29-13-9-12-28(21-29)39-36(46)31(20-26-16-14-23(2)15-17-26)40-35(45)27-10-7-6-8-11-27/h6-17,20-21,24H,5,18-19,22H2,1-4H3,(H,39,46)(H,40,45)(H,41,44)/b31-20-. The highest BCUT2D eigenvalue weighted by atomic mass is 32.2. The van der Waals surface area contributed by atoms with Gasteiger partial charge in [-0.15, -0.1) is 23.1 Å². The molecule has 1 unspecified atom stereocenters. The van der Waals surface area contributed by atoms with Gasteiger partial charge in [0.25, 0.3) is 11.8 Å². The number of fused-ring (bicyclic) bond motifs is 1. The van der Waals surface area contributed by atoms with Crippen LogP contribution in [0.3, 0.4) is 0 Å². The van der Waals surface area contributed by atoms with Gasteiger partial charge in [0.05, 0.1) is 24.0 Å². The molecule has 4 aromatic rings. The van der Waals surface area contributed by atoms with Crippen molar-refractivity contribution in [3.8, 4) is 0 Å². The maximum Gasteiger partial charge on any atom is 0.341 e. The zero-order chi connectivity index (χ0) is 35.8. The third kappa shape index (κ3) is 9.07. The van der Waals surface area contributed by atoms with Gasteiger partial charge in [0.2, 0.25) is 11.8 Å². The summed E-state index contributed by atoms with van der Waals surface area (Å²) in [7, 11) is 0. The third-order valence-corrected chi connectivity index (χ3v) is 10.1. The number of nitrogens with zero attached hydrogens (tertiary/aromatic N) is 1. The van der Waals surface area contributed by atoms with Crippen molar-refractivity contribution < 1.29 is 28.7 Å². The Morgan fingerprint density at radius 3 is 2.42 bits per heavy atom. The van der Waals surface area contributed by atoms with Crippen molar-refractivity contribution in [1.29, 1.82) is 0 Å². The summed E-state index contributed by atoms with van der Waals surface area (Å²) in [6.45, 7) is 8.01. The van der Waals surface area contributed by atoms with E-state index in [4.69, 9.17) is 4.74 Å². The average Bonchev–Trinajstić information content (AvgIpc) is 3.46. The molecular weight excluding hydrogens is 673 g/mol. The fourth-order valence-electron chi connectivity index (χ4n) is 5.27. The SMILES string of the molecule is CCOC(=O)c1c(NC(=O)C(C)Sc2cccc(NC(=O)/C(=C/c3ccc(C)cc3)NC(=O)c3ccccc3)c2)sc2c1CCN(C(C)=O)C2. The summed E-state index contributed by atoms with van der Waals surface area (Å²) < 4.78 is 5.32. The lowest BCUT2D eigenvalue weighted by atomic mass is 10.0. The van der Waals surface area contributed by atoms with Crippen molar-refractivity contribution in [2.24, 2.45) is 0 Å². The fourth-order valence-corrected chi connectivity index (χ4v) is 7.45. The monoisotopic (exact) mass is 710 g/mol. The minimum Gasteiger partial charge on any atom is -0.462 e. The number of carbonyl (C=O) groups is 5. The molecule has 50 heavy (non-hydrogen) atoms. The number of aryl methyl sites for hydroxylation is 1. The topological polar surface area (TPSA) is 134 Å². The van der Waals surface area contributed by atoms with Crippen LogP contribution in [0.2, 0.25) is 0 Å². The van der Waals surface area contributed by atoms with Crippen molar-refractivity contribution >= 4 is 69.5 Å². The molecule has 5 rings (SSSR count). The van der Waals surface area contributed by atoms with E-state index >= 15 is 0 Å². The van der Waals surface area contributed by atoms with Crippen LogP contribution in [0.1, 0.15) is 63.1 Å². The molecule has 0 fully saturated rings. The molecule has 0 radical (unpaired) electrons. The Bertz CT molecular complexity index is 1940. The second kappa shape index (κ2) is 16.5. The van der Waals surface area contributed by atoms with Crippen LogP contribution in [0.5, 0.6) is 0 Å². The molecule has 2 heterocycles. The number of rotatable bonds is 11. The highest BCUT2D eigenvalue weighted by Gasteiger charge is 2.31. The molecule has 0 bridgehead atoms. The molecule has 1 aromatic heterocycles. The second-order valence-electron chi connectivity index (χ2n) is 11.6. The maximum absolute atomic E-state index is 13.5. The zero-order valence-electron chi connectivity index (χ0n) is 28.2. The number of thioether (sulfide) groups is 1. The summed E-state index contributed by atoms with van der Waals surface area (Å²) >= 11 is 2.57. The summed E-state index contributed by atoms with van der Waals surface area (Å²) in [5.74, 6) is -1.80. The van der Waals surface area contributed by atoms with Crippen LogP contribution in [0.4, 0.5) is 10.7 Å². The van der Waals surface area contributed by atoms with Gasteiger partial charge in [-0.2, -0.15) is 0 Å². The molecule has 10 nitrogen and oxygen atoms in total. The zero-order valence-corrected chi connectivity index (χ0v) is 29.8. The lowest BCUT2D eigenvalue weighted by Crippen LogP contribution is -2.34. The van der Waals surface area contributed by atoms with Crippen molar-refractivity contribution in [3.63, 3.8) is 0 Å². The summed E-state index contributed by atoms with van der Waals surface area (Å²) in [6, 6.07) is 23.3. The van der Waals surface area contributed by atoms with Gasteiger partial charge in [0, 0.05) is 34.5 Å². The highest BCUT2D eigenvalue weighted by Crippen LogP contribution is 2.38. The Balaban J connectivity index is 1.30. The molecule has 0 saturated carbocycles. The van der Waals surface area contributed by atoms with Gasteiger partial charge >= 0.3 is 5.97 Å². The predicted octanol–water partition coefficient (Wildman–Crippen LogP) is 6.67. The smallest absolute Gasteiger partial charge is 0.341 e. The van der Waals surface area contributed by atoms with Crippen molar-refractivity contribution in [1.82, 2.24) is 10.2 Å². The molecule has 0 saturated heterocycles. The summed E-state index contributed by atoms with van der Waals surface area (Å²) in [4.78, 5) is 68.2. The summed E-state index contributed by atoms with van der Waals surface area (Å²) in [5, 5.41) is 8.37. The first-order valence-corrected chi connectivity index (χ1v) is 17.8. The Morgan fingerprint density at radius 2 is 1.72 bits per heavy atom. The molecule has 1 atom stereocenters. The number of anilines is 2. The van der Waals surface area contributed by atoms with Gasteiger partial charge in [-0.1, -0.05) is 54.1 Å². The van der Waals surface area contributed by atoms with Crippen LogP contribution in [0.25, 0.3) is 6.08 Å². The first-order valence-electron chi connectivity index (χ1n) is 16.1. The lowest BCUT2D eigenvalue weighted by Gasteiger charge is -2.25. The number of amides is 4. The minimum absolute atomic E-state index is 0.0498. The van der Waals surface area contributed by atoms with Gasteiger partial charge in [0.1, 0.15) is 10.7 Å². The number of thiophene rings is 1. The highest BCUT2D eigenvalue weighted by molar-refractivity contribution is 8.00. The normalized spacial score (nSPS) is 13.1. The molecule has 3 aromatic carbocycles. The Morgan fingerprint density at radius 1 is 0.980 bits per heavy atom. The molecule has 3 N–H and O–H groups in total. The minimum atomic E-state index is -0.578. The van der Waals surface area contributed by atoms with Crippen LogP contribution < -0.4 is 16.0 Å². The molecule has 258 valence electrons. The van der Waals surface area contributed by atoms with Crippen LogP contribution in [-0.2, 0) is 32.1 Å². The molecule has 1 aliphatic heterocycles. The largest absolute Gasteiger partial charge is 0.462 e. The van der Waals surface area contributed by atoms with Crippen LogP contribution in [0.15, 0.2) is 89.5 Å². The lowest BCUT2D eigenvalue weighted by molar-refractivity contribution is -0.129. The van der Waals surface area contributed by atoms with Crippen LogP contribution >= 0.6 is 23.1 Å². The van der Waals surface area contributed by atoms with Gasteiger partial charge in [-0.05, 0) is 74.7 Å². The Labute approximate surface area is 299 Å². The first-order chi connectivity index (χ1) is 24.0. The number of benzene rings is 3. The van der Waals surface area contributed by atoms with E-state index in [0.717, 1.165) is 26.5 Å². The first kappa shape index (κ1) is 36.1. The van der Waals surface area contributed by atoms with Gasteiger partial charge in [-0.3, -0.25) is 19.2 Å². The van der Waals surface area contributed by atoms with E-state index in [0.29, 0.717) is 41.3 Å². The summed E-state index contributed by atoms with van der Waals surface area (Å²) in [6.07, 6.45) is 2.11. The van der Waals surface area contributed by atoms with Gasteiger partial charge < -0.3 is 25.6 Å². The van der Waals surface area contributed by atoms with E-state index in [1.165, 1.54) is 30.0 Å². The van der Waals surface area contributed by atoms with E-state index in [9.17, 15) is 24.0 Å². The molecule has 4 amide bonds. The van der Waals surface area contributed by atoms with Crippen LogP contribution in [0, 0.1) is 6.92 Å². The van der Waals surface area contributed by atoms with Crippen molar-refractivity contribution in [2.75, 3.05) is 23.8 Å². The van der Waals surface area contributed by atoms with Gasteiger partial charge in [-0.25, -0.2) is 4.79 Å². The number of carbonyl (C=O) groups excluding carboxylic acids is 5. The Kier molecular flexibility index (Phi) is 11.9. The van der Waals surface area contributed by atoms with Gasteiger partial charge in [0.15, 0.2) is 0 Å². The van der Waals surface area contributed by atoms with E-state index in [2.05, 4.69) is 16.0 Å². The third-order valence-electron chi connectivity index (χ3n) is 7.91. The summed E-state index contributed by atoms with van der Waals surface area (Å²) in [5.41, 5.74) is 3.91. The molecule has 0 spiro atoms. The van der Waals surface area contributed by atoms with Crippen molar-refractivity contribution in [3.05, 3.63) is 117 Å². The Hall–Kier alpha value is -5.20. The fraction of sp³-hybridized carbons (Fsp3) is 0.237. The number of hydrogen-bond donors (Lipinski definition) is 3. The molecule has 1 aliphatic rings. The second-order valence-corrected chi connectivity index (χ2v) is 14.2. The van der Waals surface area contributed by atoms with E-state index in [1.54, 1.807) is 67.3 Å². The number of esters is 1.